The molecule has 0 saturated carbocycles. The number of amides is 2. The minimum Gasteiger partial charge on any atom is -0.493 e. The maximum Gasteiger partial charge on any atom is 0.272 e. The number of nitrogens with two attached hydrogens (primary N) is 1. The summed E-state index contributed by atoms with van der Waals surface area (Å²) >= 11 is 0. The molecule has 3 rings (SSSR count). The van der Waals surface area contributed by atoms with Crippen LogP contribution in [0.3, 0.4) is 0 Å². The van der Waals surface area contributed by atoms with Crippen LogP contribution in [0.5, 0.6) is 5.75 Å². The molecule has 0 bridgehead atoms. The molecule has 0 aliphatic carbocycles. The fourth-order valence-electron chi connectivity index (χ4n) is 4.13. The fourth-order valence-corrected chi connectivity index (χ4v) is 4.13. The van der Waals surface area contributed by atoms with E-state index in [0.29, 0.717) is 37.5 Å². The summed E-state index contributed by atoms with van der Waals surface area (Å²) in [5.74, 6) is -0.144. The third-order valence-electron chi connectivity index (χ3n) is 5.77. The lowest BCUT2D eigenvalue weighted by atomic mass is 9.77. The second kappa shape index (κ2) is 9.49. The molecular weight excluding hydrogens is 399 g/mol. The van der Waals surface area contributed by atoms with Crippen LogP contribution in [0.25, 0.3) is 0 Å². The molecule has 2 heterocycles. The van der Waals surface area contributed by atoms with E-state index in [4.69, 9.17) is 10.5 Å². The van der Waals surface area contributed by atoms with E-state index in [9.17, 15) is 14.0 Å². The van der Waals surface area contributed by atoms with Crippen molar-refractivity contribution in [2.45, 2.75) is 52.5 Å². The van der Waals surface area contributed by atoms with Crippen LogP contribution in [0.4, 0.5) is 4.39 Å². The smallest absolute Gasteiger partial charge is 0.272 e. The largest absolute Gasteiger partial charge is 0.493 e. The lowest BCUT2D eigenvalue weighted by Crippen LogP contribution is -2.50. The minimum atomic E-state index is -0.591. The standard InChI is InChI=1S/C23H31FN4O3/c1-4-28-20(12-19(26-28)16(2)3)22(30)27-11-5-10-23(14-27,13-21(25)29)15-31-18-8-6-17(24)7-9-18/h6-9,12,16H,4-5,10-11,13-15H2,1-3H3,(H2,25,29). The number of rotatable bonds is 8. The maximum atomic E-state index is 13.4. The van der Waals surface area contributed by atoms with Crippen LogP contribution in [0, 0.1) is 11.2 Å². The SMILES string of the molecule is CCn1nc(C(C)C)cc1C(=O)N1CCCC(COc2ccc(F)cc2)(CC(N)=O)C1. The topological polar surface area (TPSA) is 90.4 Å². The predicted octanol–water partition coefficient (Wildman–Crippen LogP) is 3.34. The summed E-state index contributed by atoms with van der Waals surface area (Å²) in [6.45, 7) is 7.82. The first kappa shape index (κ1) is 22.8. The lowest BCUT2D eigenvalue weighted by Gasteiger charge is -2.42. The van der Waals surface area contributed by atoms with E-state index in [1.807, 2.05) is 26.8 Å². The Morgan fingerprint density at radius 3 is 2.61 bits per heavy atom. The molecule has 2 amide bonds. The molecule has 2 aromatic rings. The van der Waals surface area contributed by atoms with Gasteiger partial charge in [-0.15, -0.1) is 0 Å². The number of carbonyl (C=O) groups excluding carboxylic acids is 2. The van der Waals surface area contributed by atoms with Crippen LogP contribution in [-0.4, -0.2) is 46.2 Å². The Labute approximate surface area is 182 Å². The Bertz CT molecular complexity index is 925. The van der Waals surface area contributed by atoms with E-state index in [2.05, 4.69) is 5.10 Å². The molecule has 1 aromatic heterocycles. The van der Waals surface area contributed by atoms with Gasteiger partial charge in [0.1, 0.15) is 17.3 Å². The number of aryl methyl sites for hydroxylation is 1. The van der Waals surface area contributed by atoms with Gasteiger partial charge in [0.05, 0.1) is 12.3 Å². The van der Waals surface area contributed by atoms with Gasteiger partial charge in [-0.2, -0.15) is 5.10 Å². The summed E-state index contributed by atoms with van der Waals surface area (Å²) < 4.78 is 20.8. The van der Waals surface area contributed by atoms with Crippen molar-refractivity contribution < 1.29 is 18.7 Å². The number of piperidine rings is 1. The van der Waals surface area contributed by atoms with E-state index in [-0.39, 0.29) is 30.7 Å². The molecule has 1 unspecified atom stereocenters. The molecule has 0 spiro atoms. The van der Waals surface area contributed by atoms with Crippen molar-refractivity contribution in [2.75, 3.05) is 19.7 Å². The Morgan fingerprint density at radius 2 is 2.00 bits per heavy atom. The second-order valence-electron chi connectivity index (χ2n) is 8.64. The number of ether oxygens (including phenoxy) is 1. The number of nitrogens with zero attached hydrogens (tertiary/aromatic N) is 3. The molecule has 168 valence electrons. The minimum absolute atomic E-state index is 0.100. The van der Waals surface area contributed by atoms with Gasteiger partial charge in [-0.25, -0.2) is 4.39 Å². The molecule has 2 N–H and O–H groups in total. The van der Waals surface area contributed by atoms with Gasteiger partial charge in [-0.05, 0) is 56.0 Å². The summed E-state index contributed by atoms with van der Waals surface area (Å²) in [4.78, 5) is 27.0. The van der Waals surface area contributed by atoms with Crippen LogP contribution in [0.1, 0.15) is 62.1 Å². The van der Waals surface area contributed by atoms with Gasteiger partial charge in [0.2, 0.25) is 5.91 Å². The third-order valence-corrected chi connectivity index (χ3v) is 5.77. The average Bonchev–Trinajstić information content (AvgIpc) is 3.17. The van der Waals surface area contributed by atoms with Crippen molar-refractivity contribution in [3.63, 3.8) is 0 Å². The Morgan fingerprint density at radius 1 is 1.29 bits per heavy atom. The summed E-state index contributed by atoms with van der Waals surface area (Å²) in [6.07, 6.45) is 1.57. The number of primary amides is 1. The fraction of sp³-hybridized carbons (Fsp3) is 0.522. The summed E-state index contributed by atoms with van der Waals surface area (Å²) in [5.41, 5.74) is 6.40. The highest BCUT2D eigenvalue weighted by molar-refractivity contribution is 5.93. The average molecular weight is 431 g/mol. The number of hydrogen-bond acceptors (Lipinski definition) is 4. The van der Waals surface area contributed by atoms with Gasteiger partial charge < -0.3 is 15.4 Å². The Kier molecular flexibility index (Phi) is 6.97. The number of aromatic nitrogens is 2. The zero-order chi connectivity index (χ0) is 22.6. The Hall–Kier alpha value is -2.90. The van der Waals surface area contributed by atoms with Gasteiger partial charge in [0.25, 0.3) is 5.91 Å². The van der Waals surface area contributed by atoms with Gasteiger partial charge in [-0.1, -0.05) is 13.8 Å². The number of likely N-dealkylation sites (tertiary alicyclic amines) is 1. The highest BCUT2D eigenvalue weighted by Crippen LogP contribution is 2.35. The highest BCUT2D eigenvalue weighted by Gasteiger charge is 2.40. The summed E-state index contributed by atoms with van der Waals surface area (Å²) in [7, 11) is 0. The van der Waals surface area contributed by atoms with Crippen molar-refractivity contribution in [1.82, 2.24) is 14.7 Å². The zero-order valence-electron chi connectivity index (χ0n) is 18.4. The van der Waals surface area contributed by atoms with E-state index in [1.54, 1.807) is 21.7 Å². The van der Waals surface area contributed by atoms with Crippen LogP contribution in [-0.2, 0) is 11.3 Å². The van der Waals surface area contributed by atoms with Gasteiger partial charge in [0.15, 0.2) is 0 Å². The predicted molar refractivity (Wildman–Crippen MR) is 115 cm³/mol. The monoisotopic (exact) mass is 430 g/mol. The van der Waals surface area contributed by atoms with Crippen molar-refractivity contribution >= 4 is 11.8 Å². The molecule has 7 nitrogen and oxygen atoms in total. The van der Waals surface area contributed by atoms with Crippen molar-refractivity contribution in [2.24, 2.45) is 11.1 Å². The molecule has 1 aliphatic rings. The van der Waals surface area contributed by atoms with Crippen molar-refractivity contribution in [3.8, 4) is 5.75 Å². The van der Waals surface area contributed by atoms with E-state index in [1.165, 1.54) is 12.1 Å². The van der Waals surface area contributed by atoms with Crippen LogP contribution < -0.4 is 10.5 Å². The molecule has 31 heavy (non-hydrogen) atoms. The maximum absolute atomic E-state index is 13.4. The first-order valence-electron chi connectivity index (χ1n) is 10.8. The molecule has 0 radical (unpaired) electrons. The molecule has 1 saturated heterocycles. The van der Waals surface area contributed by atoms with Gasteiger partial charge in [-0.3, -0.25) is 14.3 Å². The van der Waals surface area contributed by atoms with Crippen LogP contribution >= 0.6 is 0 Å². The van der Waals surface area contributed by atoms with Crippen molar-refractivity contribution in [3.05, 3.63) is 47.5 Å². The highest BCUT2D eigenvalue weighted by atomic mass is 19.1. The molecule has 1 fully saturated rings. The third kappa shape index (κ3) is 5.42. The number of carbonyl (C=O) groups is 2. The van der Waals surface area contributed by atoms with E-state index < -0.39 is 11.3 Å². The van der Waals surface area contributed by atoms with Gasteiger partial charge >= 0.3 is 0 Å². The number of halogens is 1. The van der Waals surface area contributed by atoms with Gasteiger partial charge in [0, 0.05) is 31.5 Å². The molecule has 1 atom stereocenters. The van der Waals surface area contributed by atoms with E-state index in [0.717, 1.165) is 12.1 Å². The molecular formula is C23H31FN4O3. The Balaban J connectivity index is 1.80. The summed E-state index contributed by atoms with van der Waals surface area (Å²) in [6, 6.07) is 7.60. The quantitative estimate of drug-likeness (QED) is 0.695. The second-order valence-corrected chi connectivity index (χ2v) is 8.64. The normalized spacial score (nSPS) is 18.9. The first-order valence-corrected chi connectivity index (χ1v) is 10.8. The van der Waals surface area contributed by atoms with Crippen molar-refractivity contribution in [1.29, 1.82) is 0 Å². The molecule has 1 aromatic carbocycles. The first-order chi connectivity index (χ1) is 14.7. The van der Waals surface area contributed by atoms with Crippen LogP contribution in [0.15, 0.2) is 30.3 Å². The number of hydrogen-bond donors (Lipinski definition) is 1. The summed E-state index contributed by atoms with van der Waals surface area (Å²) in [5, 5.41) is 4.55. The van der Waals surface area contributed by atoms with Crippen LogP contribution in [0.2, 0.25) is 0 Å². The van der Waals surface area contributed by atoms with E-state index >= 15 is 0 Å². The molecule has 8 heteroatoms. The number of benzene rings is 1. The lowest BCUT2D eigenvalue weighted by molar-refractivity contribution is -0.122. The zero-order valence-corrected chi connectivity index (χ0v) is 18.4. The molecule has 1 aliphatic heterocycles.